The van der Waals surface area contributed by atoms with Crippen LogP contribution in [0.2, 0.25) is 0 Å². The van der Waals surface area contributed by atoms with Gasteiger partial charge in [-0.05, 0) is 36.2 Å². The van der Waals surface area contributed by atoms with Gasteiger partial charge in [-0.15, -0.1) is 0 Å². The molecule has 110 valence electrons. The van der Waals surface area contributed by atoms with Crippen LogP contribution in [0.4, 0.5) is 20.2 Å². The zero-order valence-corrected chi connectivity index (χ0v) is 12.4. The molecular formula is C14H11BrF2N2O2. The lowest BCUT2D eigenvalue weighted by atomic mass is 10.1. The van der Waals surface area contributed by atoms with Crippen LogP contribution >= 0.6 is 15.9 Å². The Morgan fingerprint density at radius 2 is 1.81 bits per heavy atom. The van der Waals surface area contributed by atoms with E-state index in [1.54, 1.807) is 12.1 Å². The van der Waals surface area contributed by atoms with Crippen LogP contribution in [0.25, 0.3) is 0 Å². The number of rotatable bonds is 5. The Morgan fingerprint density at radius 3 is 2.43 bits per heavy atom. The molecule has 2 aromatic rings. The highest BCUT2D eigenvalue weighted by molar-refractivity contribution is 9.10. The van der Waals surface area contributed by atoms with Crippen molar-refractivity contribution in [2.24, 2.45) is 0 Å². The molecule has 0 aliphatic carbocycles. The van der Waals surface area contributed by atoms with Crippen LogP contribution in [0.5, 0.6) is 0 Å². The van der Waals surface area contributed by atoms with Crippen molar-refractivity contribution >= 4 is 27.3 Å². The maximum atomic E-state index is 13.0. The molecule has 7 heteroatoms. The van der Waals surface area contributed by atoms with E-state index in [4.69, 9.17) is 0 Å². The van der Waals surface area contributed by atoms with E-state index < -0.39 is 16.6 Å². The summed E-state index contributed by atoms with van der Waals surface area (Å²) in [7, 11) is 0. The highest BCUT2D eigenvalue weighted by atomic mass is 79.9. The average molecular weight is 357 g/mol. The SMILES string of the molecule is O=[N+]([O-])c1ccc(Br)cc1NCCc1cc(F)cc(F)c1. The van der Waals surface area contributed by atoms with Crippen LogP contribution in [-0.4, -0.2) is 11.5 Å². The number of anilines is 1. The van der Waals surface area contributed by atoms with Crippen molar-refractivity contribution in [1.29, 1.82) is 0 Å². The minimum absolute atomic E-state index is 0.0522. The number of nitrogens with zero attached hydrogens (tertiary/aromatic N) is 1. The van der Waals surface area contributed by atoms with Gasteiger partial charge in [0.05, 0.1) is 4.92 Å². The summed E-state index contributed by atoms with van der Waals surface area (Å²) >= 11 is 3.24. The Balaban J connectivity index is 2.06. The van der Waals surface area contributed by atoms with Crippen LogP contribution in [-0.2, 0) is 6.42 Å². The first-order valence-electron chi connectivity index (χ1n) is 6.08. The third-order valence-electron chi connectivity index (χ3n) is 2.81. The van der Waals surface area contributed by atoms with Crippen molar-refractivity contribution in [3.8, 4) is 0 Å². The Morgan fingerprint density at radius 1 is 1.14 bits per heavy atom. The molecule has 0 amide bonds. The number of hydrogen-bond donors (Lipinski definition) is 1. The molecule has 1 N–H and O–H groups in total. The summed E-state index contributed by atoms with van der Waals surface area (Å²) < 4.78 is 26.8. The fourth-order valence-corrected chi connectivity index (χ4v) is 2.27. The highest BCUT2D eigenvalue weighted by Crippen LogP contribution is 2.27. The van der Waals surface area contributed by atoms with Gasteiger partial charge in [0.2, 0.25) is 0 Å². The predicted octanol–water partition coefficient (Wildman–Crippen LogP) is 4.29. The normalized spacial score (nSPS) is 10.4. The minimum Gasteiger partial charge on any atom is -0.379 e. The number of nitro groups is 1. The van der Waals surface area contributed by atoms with Gasteiger partial charge in [0.25, 0.3) is 5.69 Å². The molecule has 2 rings (SSSR count). The second-order valence-corrected chi connectivity index (χ2v) is 5.29. The first kappa shape index (κ1) is 15.4. The van der Waals surface area contributed by atoms with E-state index in [1.807, 2.05) is 0 Å². The van der Waals surface area contributed by atoms with E-state index in [2.05, 4.69) is 21.2 Å². The third-order valence-corrected chi connectivity index (χ3v) is 3.30. The summed E-state index contributed by atoms with van der Waals surface area (Å²) in [5.74, 6) is -1.28. The number of nitrogens with one attached hydrogen (secondary N) is 1. The highest BCUT2D eigenvalue weighted by Gasteiger charge is 2.13. The number of nitro benzene ring substituents is 1. The molecule has 0 heterocycles. The minimum atomic E-state index is -0.640. The second-order valence-electron chi connectivity index (χ2n) is 4.37. The van der Waals surface area contributed by atoms with E-state index in [-0.39, 0.29) is 5.69 Å². The van der Waals surface area contributed by atoms with Gasteiger partial charge in [-0.2, -0.15) is 0 Å². The smallest absolute Gasteiger partial charge is 0.292 e. The Kier molecular flexibility index (Phi) is 4.85. The van der Waals surface area contributed by atoms with Gasteiger partial charge in [0, 0.05) is 23.2 Å². The van der Waals surface area contributed by atoms with Crippen LogP contribution in [0.15, 0.2) is 40.9 Å². The van der Waals surface area contributed by atoms with Crippen LogP contribution < -0.4 is 5.32 Å². The van der Waals surface area contributed by atoms with Crippen molar-refractivity contribution in [2.75, 3.05) is 11.9 Å². The number of hydrogen-bond acceptors (Lipinski definition) is 3. The standard InChI is InChI=1S/C14H11BrF2N2O2/c15-10-1-2-14(19(20)21)13(7-10)18-4-3-9-5-11(16)8-12(17)6-9/h1-2,5-8,18H,3-4H2. The quantitative estimate of drug-likeness (QED) is 0.642. The fourth-order valence-electron chi connectivity index (χ4n) is 1.91. The molecule has 0 atom stereocenters. The molecule has 4 nitrogen and oxygen atoms in total. The maximum Gasteiger partial charge on any atom is 0.292 e. The van der Waals surface area contributed by atoms with Crippen molar-refractivity contribution in [3.05, 3.63) is 68.2 Å². The zero-order chi connectivity index (χ0) is 15.4. The molecule has 0 unspecified atom stereocenters. The predicted molar refractivity (Wildman–Crippen MR) is 79.3 cm³/mol. The molecule has 0 fully saturated rings. The van der Waals surface area contributed by atoms with Gasteiger partial charge >= 0.3 is 0 Å². The largest absolute Gasteiger partial charge is 0.379 e. The lowest BCUT2D eigenvalue weighted by molar-refractivity contribution is -0.384. The number of benzene rings is 2. The topological polar surface area (TPSA) is 55.2 Å². The van der Waals surface area contributed by atoms with E-state index in [1.165, 1.54) is 18.2 Å². The molecule has 0 aliphatic heterocycles. The van der Waals surface area contributed by atoms with Gasteiger partial charge in [0.1, 0.15) is 17.3 Å². The second kappa shape index (κ2) is 6.62. The fraction of sp³-hybridized carbons (Fsp3) is 0.143. The average Bonchev–Trinajstić information content (AvgIpc) is 2.37. The summed E-state index contributed by atoms with van der Waals surface area (Å²) in [6, 6.07) is 7.82. The van der Waals surface area contributed by atoms with Crippen molar-refractivity contribution in [1.82, 2.24) is 0 Å². The summed E-state index contributed by atoms with van der Waals surface area (Å²) in [6.45, 7) is 0.320. The van der Waals surface area contributed by atoms with E-state index in [0.717, 1.165) is 6.07 Å². The Hall–Kier alpha value is -2.02. The van der Waals surface area contributed by atoms with Crippen molar-refractivity contribution in [3.63, 3.8) is 0 Å². The number of halogens is 3. The summed E-state index contributed by atoms with van der Waals surface area (Å²) in [5, 5.41) is 13.8. The Labute approximate surface area is 128 Å². The summed E-state index contributed by atoms with van der Waals surface area (Å²) in [4.78, 5) is 10.4. The lowest BCUT2D eigenvalue weighted by Gasteiger charge is -2.08. The van der Waals surface area contributed by atoms with Crippen molar-refractivity contribution < 1.29 is 13.7 Å². The van der Waals surface area contributed by atoms with Crippen molar-refractivity contribution in [2.45, 2.75) is 6.42 Å². The summed E-state index contributed by atoms with van der Waals surface area (Å²) in [6.07, 6.45) is 0.346. The molecule has 0 spiro atoms. The lowest BCUT2D eigenvalue weighted by Crippen LogP contribution is -2.07. The van der Waals surface area contributed by atoms with Gasteiger partial charge in [0.15, 0.2) is 0 Å². The third kappa shape index (κ3) is 4.22. The van der Waals surface area contributed by atoms with Crippen LogP contribution in [0.3, 0.4) is 0 Å². The van der Waals surface area contributed by atoms with Gasteiger partial charge in [-0.25, -0.2) is 8.78 Å². The molecule has 0 aliphatic rings. The van der Waals surface area contributed by atoms with Gasteiger partial charge < -0.3 is 5.32 Å². The van der Waals surface area contributed by atoms with E-state index >= 15 is 0 Å². The Bertz CT molecular complexity index is 660. The monoisotopic (exact) mass is 356 g/mol. The summed E-state index contributed by atoms with van der Waals surface area (Å²) in [5.41, 5.74) is 0.785. The molecule has 0 aromatic heterocycles. The first-order chi connectivity index (χ1) is 9.95. The van der Waals surface area contributed by atoms with E-state index in [9.17, 15) is 18.9 Å². The zero-order valence-electron chi connectivity index (χ0n) is 10.8. The molecular weight excluding hydrogens is 346 g/mol. The maximum absolute atomic E-state index is 13.0. The van der Waals surface area contributed by atoms with Gasteiger partial charge in [-0.3, -0.25) is 10.1 Å². The molecule has 21 heavy (non-hydrogen) atoms. The van der Waals surface area contributed by atoms with Crippen LogP contribution in [0, 0.1) is 21.7 Å². The molecule has 0 bridgehead atoms. The first-order valence-corrected chi connectivity index (χ1v) is 6.88. The molecule has 2 aromatic carbocycles. The molecule has 0 saturated heterocycles. The van der Waals surface area contributed by atoms with Gasteiger partial charge in [-0.1, -0.05) is 15.9 Å². The molecule has 0 saturated carbocycles. The molecule has 0 radical (unpaired) electrons. The van der Waals surface area contributed by atoms with E-state index in [0.29, 0.717) is 28.7 Å². The van der Waals surface area contributed by atoms with Crippen LogP contribution in [0.1, 0.15) is 5.56 Å².